The molecular formula is C34H22CuN10Na2O15S2+2. The van der Waals surface area contributed by atoms with Crippen LogP contribution in [0.5, 0.6) is 0 Å². The number of non-ortho nitro benzene ring substituents is 3. The fourth-order valence-corrected chi connectivity index (χ4v) is 6.78. The van der Waals surface area contributed by atoms with Crippen molar-refractivity contribution >= 4 is 82.1 Å². The number of carbonyl (C=O) groups is 1. The number of hydrogen-bond acceptors (Lipinski definition) is 20. The zero-order valence-corrected chi connectivity index (χ0v) is 38.8. The van der Waals surface area contributed by atoms with Crippen molar-refractivity contribution in [2.75, 3.05) is 21.6 Å². The summed E-state index contributed by atoms with van der Waals surface area (Å²) in [6.07, 6.45) is 0.459. The SMILES string of the molecule is O=C1C=C(S(=O)(=O)O)c2cc([N+](=O)[O-])ccc2C1=NNc1cc(=NNc2ccc(Nc3ccc([N+](=O)[O-])cc3S(=O)(=O)O)cc2)c(=O)/c(=N\Nc2ccc([N+](=O)[O-])cc2)c1=O.[Cu].[Na+].[Na+]. The minimum atomic E-state index is -5.09. The second-order valence-electron chi connectivity index (χ2n) is 12.2. The Bertz CT molecular complexity index is 3260. The first-order valence-corrected chi connectivity index (χ1v) is 19.3. The maximum absolute atomic E-state index is 13.6. The van der Waals surface area contributed by atoms with Crippen LogP contribution in [0.2, 0.25) is 0 Å². The van der Waals surface area contributed by atoms with E-state index in [0.717, 1.165) is 48.5 Å². The van der Waals surface area contributed by atoms with Crippen LogP contribution in [0, 0.1) is 30.3 Å². The Hall–Kier alpha value is -5.88. The normalized spacial score (nSPS) is 13.2. The number of fused-ring (bicyclic) bond motifs is 1. The molecule has 64 heavy (non-hydrogen) atoms. The Balaban J connectivity index is 0.00000363. The van der Waals surface area contributed by atoms with Crippen molar-refractivity contribution in [2.45, 2.75) is 4.90 Å². The molecule has 6 rings (SSSR count). The van der Waals surface area contributed by atoms with Crippen LogP contribution in [0.1, 0.15) is 11.1 Å². The van der Waals surface area contributed by atoms with Gasteiger partial charge in [-0.05, 0) is 54.6 Å². The molecule has 0 fully saturated rings. The number of rotatable bonds is 13. The number of allylic oxidation sites excluding steroid dienone is 1. The van der Waals surface area contributed by atoms with Gasteiger partial charge in [-0.25, -0.2) is 0 Å². The Morgan fingerprint density at radius 3 is 1.62 bits per heavy atom. The first-order valence-electron chi connectivity index (χ1n) is 16.4. The number of nitrogens with one attached hydrogen (secondary N) is 4. The summed E-state index contributed by atoms with van der Waals surface area (Å²) in [7, 11) is -9.99. The minimum Gasteiger partial charge on any atom is -0.354 e. The summed E-state index contributed by atoms with van der Waals surface area (Å²) in [5.41, 5.74) is 2.04. The topological polar surface area (TPSA) is 375 Å². The van der Waals surface area contributed by atoms with Crippen molar-refractivity contribution in [1.29, 1.82) is 0 Å². The zero-order valence-electron chi connectivity index (χ0n) is 32.2. The number of anilines is 5. The summed E-state index contributed by atoms with van der Waals surface area (Å²) in [5.74, 6) is -1.12. The van der Waals surface area contributed by atoms with Gasteiger partial charge in [-0.15, -0.1) is 0 Å². The Morgan fingerprint density at radius 1 is 0.547 bits per heavy atom. The summed E-state index contributed by atoms with van der Waals surface area (Å²) in [6, 6.07) is 16.6. The van der Waals surface area contributed by atoms with Gasteiger partial charge in [-0.1, -0.05) is 0 Å². The predicted molar refractivity (Wildman–Crippen MR) is 213 cm³/mol. The van der Waals surface area contributed by atoms with Gasteiger partial charge in [0.05, 0.1) is 31.8 Å². The van der Waals surface area contributed by atoms with Crippen LogP contribution in [0.4, 0.5) is 45.5 Å². The predicted octanol–water partition coefficient (Wildman–Crippen LogP) is -3.51. The Morgan fingerprint density at radius 2 is 1.06 bits per heavy atom. The van der Waals surface area contributed by atoms with Crippen molar-refractivity contribution in [3.05, 3.63) is 170 Å². The molecular weight excluding hydrogens is 962 g/mol. The van der Waals surface area contributed by atoms with Gasteiger partial charge in [-0.3, -0.25) is 70.1 Å². The largest absolute Gasteiger partial charge is 1.00 e. The van der Waals surface area contributed by atoms with Gasteiger partial charge in [0.1, 0.15) is 26.6 Å². The van der Waals surface area contributed by atoms with Gasteiger partial charge in [0.25, 0.3) is 37.3 Å². The molecule has 0 aromatic heterocycles. The number of hydrazone groups is 1. The molecule has 1 aliphatic rings. The van der Waals surface area contributed by atoms with Gasteiger partial charge >= 0.3 is 59.1 Å². The average molecular weight is 984 g/mol. The smallest absolute Gasteiger partial charge is 0.354 e. The number of nitrogens with zero attached hydrogens (tertiary/aromatic N) is 6. The maximum atomic E-state index is 13.6. The van der Waals surface area contributed by atoms with Crippen molar-refractivity contribution in [2.24, 2.45) is 15.3 Å². The van der Waals surface area contributed by atoms with Gasteiger partial charge in [-0.2, -0.15) is 32.1 Å². The molecule has 0 saturated heterocycles. The molecule has 0 saturated carbocycles. The van der Waals surface area contributed by atoms with Crippen LogP contribution < -0.4 is 102 Å². The van der Waals surface area contributed by atoms with Crippen LogP contribution in [0.25, 0.3) is 4.91 Å². The molecule has 5 aromatic rings. The van der Waals surface area contributed by atoms with E-state index in [1.54, 1.807) is 0 Å². The third kappa shape index (κ3) is 12.0. The van der Waals surface area contributed by atoms with Crippen LogP contribution >= 0.6 is 0 Å². The van der Waals surface area contributed by atoms with Crippen molar-refractivity contribution < 1.29 is 122 Å². The third-order valence-corrected chi connectivity index (χ3v) is 10.1. The summed E-state index contributed by atoms with van der Waals surface area (Å²) >= 11 is 0. The summed E-state index contributed by atoms with van der Waals surface area (Å²) in [4.78, 5) is 69.8. The minimum absolute atomic E-state index is 0. The van der Waals surface area contributed by atoms with Crippen molar-refractivity contribution in [3.63, 3.8) is 0 Å². The third-order valence-electron chi connectivity index (χ3n) is 8.28. The quantitative estimate of drug-likeness (QED) is 0.0288. The van der Waals surface area contributed by atoms with Crippen LogP contribution in [-0.4, -0.2) is 52.2 Å². The van der Waals surface area contributed by atoms with E-state index >= 15 is 0 Å². The molecule has 0 heterocycles. The number of nitro benzene ring substituents is 3. The van der Waals surface area contributed by atoms with Crippen LogP contribution in [0.3, 0.4) is 0 Å². The summed E-state index contributed by atoms with van der Waals surface area (Å²) < 4.78 is 67.3. The molecule has 1 aliphatic carbocycles. The number of benzene rings is 5. The number of ketones is 1. The van der Waals surface area contributed by atoms with E-state index in [0.29, 0.717) is 12.1 Å². The molecule has 25 nitrogen and oxygen atoms in total. The van der Waals surface area contributed by atoms with E-state index in [9.17, 15) is 70.7 Å². The molecule has 6 N–H and O–H groups in total. The first-order chi connectivity index (χ1) is 28.7. The molecule has 0 atom stereocenters. The fourth-order valence-electron chi connectivity index (χ4n) is 5.41. The molecule has 30 heteroatoms. The molecule has 0 unspecified atom stereocenters. The fraction of sp³-hybridized carbons (Fsp3) is 0. The Labute approximate surface area is 411 Å². The van der Waals surface area contributed by atoms with Gasteiger partial charge in [0, 0.05) is 76.4 Å². The van der Waals surface area contributed by atoms with E-state index in [4.69, 9.17) is 0 Å². The van der Waals surface area contributed by atoms with E-state index in [1.807, 2.05) is 0 Å². The van der Waals surface area contributed by atoms with Gasteiger partial charge < -0.3 is 5.32 Å². The van der Waals surface area contributed by atoms with E-state index in [-0.39, 0.29) is 110 Å². The van der Waals surface area contributed by atoms with Crippen LogP contribution in [-0.2, 0) is 42.1 Å². The molecule has 321 valence electrons. The molecule has 0 aliphatic heterocycles. The second kappa shape index (κ2) is 21.2. The molecule has 0 spiro atoms. The van der Waals surface area contributed by atoms with E-state index < -0.39 is 100 Å². The monoisotopic (exact) mass is 983 g/mol. The zero-order chi connectivity index (χ0) is 44.4. The van der Waals surface area contributed by atoms with Crippen molar-refractivity contribution in [1.82, 2.24) is 0 Å². The van der Waals surface area contributed by atoms with Gasteiger partial charge in [0.15, 0.2) is 5.36 Å². The summed E-state index contributed by atoms with van der Waals surface area (Å²) in [5, 5.41) is 46.8. The second-order valence-corrected chi connectivity index (χ2v) is 15.0. The van der Waals surface area contributed by atoms with E-state index in [1.165, 1.54) is 36.4 Å². The molecule has 0 amide bonds. The number of carbonyl (C=O) groups excluding carboxylic acids is 1. The number of nitro groups is 3. The first kappa shape index (κ1) is 52.5. The summed E-state index contributed by atoms with van der Waals surface area (Å²) in [6.45, 7) is 0. The average Bonchev–Trinajstić information content (AvgIpc) is 3.20. The molecule has 0 bridgehead atoms. The molecule has 5 aromatic carbocycles. The Kier molecular flexibility index (Phi) is 17.4. The van der Waals surface area contributed by atoms with E-state index in [2.05, 4.69) is 36.9 Å². The number of hydrogen-bond donors (Lipinski definition) is 6. The van der Waals surface area contributed by atoms with Crippen molar-refractivity contribution in [3.8, 4) is 0 Å². The maximum Gasteiger partial charge on any atom is 1.00 e. The van der Waals surface area contributed by atoms with Gasteiger partial charge in [0.2, 0.25) is 16.6 Å². The molecule has 1 radical (unpaired) electrons. The standard InChI is InChI=1S/C34H22N10O15S2.Cu.2Na/c45-28-16-29(60(54,55)56)24-13-21(43(50)51)9-11-23(24)31(28)40-39-27-15-26(33(46)32(34(27)47)41-37-19-5-7-20(8-6-19)42(48)49)38-36-18-3-1-17(2-4-18)35-25-12-10-22(44(52)53)14-30(25)61(57,58)59;;;/h1-16,35-37,39H,(H,54,55,56)(H,57,58,59);;;/q;;2*+1/b38-26?,40-31?,41-32+;;;. The van der Waals surface area contributed by atoms with Crippen LogP contribution in [0.15, 0.2) is 127 Å².